The van der Waals surface area contributed by atoms with E-state index in [9.17, 15) is 0 Å². The van der Waals surface area contributed by atoms with Gasteiger partial charge in [0.25, 0.3) is 0 Å². The molecule has 0 heterocycles. The van der Waals surface area contributed by atoms with Crippen LogP contribution in [0.15, 0.2) is 18.2 Å². The first-order chi connectivity index (χ1) is 6.74. The van der Waals surface area contributed by atoms with Crippen molar-refractivity contribution in [2.45, 2.75) is 20.3 Å². The van der Waals surface area contributed by atoms with E-state index in [0.29, 0.717) is 6.54 Å². The van der Waals surface area contributed by atoms with Crippen LogP contribution in [0.5, 0.6) is 0 Å². The van der Waals surface area contributed by atoms with Gasteiger partial charge >= 0.3 is 0 Å². The van der Waals surface area contributed by atoms with Crippen molar-refractivity contribution in [3.63, 3.8) is 0 Å². The van der Waals surface area contributed by atoms with Crippen molar-refractivity contribution >= 4 is 0 Å². The molecule has 14 heavy (non-hydrogen) atoms. The SMILES string of the molecule is Cc1ccc(CCNCC#N)cc1C. The number of aryl methyl sites for hydroxylation is 2. The molecule has 0 aliphatic rings. The van der Waals surface area contributed by atoms with Crippen molar-refractivity contribution in [1.29, 1.82) is 5.26 Å². The average molecular weight is 188 g/mol. The number of nitrogens with zero attached hydrogens (tertiary/aromatic N) is 1. The van der Waals surface area contributed by atoms with Crippen LogP contribution in [0.4, 0.5) is 0 Å². The molecule has 0 bridgehead atoms. The zero-order chi connectivity index (χ0) is 10.4. The van der Waals surface area contributed by atoms with Crippen molar-refractivity contribution < 1.29 is 0 Å². The van der Waals surface area contributed by atoms with Gasteiger partial charge in [0.1, 0.15) is 0 Å². The first-order valence-corrected chi connectivity index (χ1v) is 4.88. The van der Waals surface area contributed by atoms with Gasteiger partial charge in [0, 0.05) is 6.54 Å². The van der Waals surface area contributed by atoms with Crippen LogP contribution in [0.2, 0.25) is 0 Å². The Balaban J connectivity index is 2.44. The molecule has 1 rings (SSSR count). The zero-order valence-electron chi connectivity index (χ0n) is 8.80. The zero-order valence-corrected chi connectivity index (χ0v) is 8.80. The third-order valence-electron chi connectivity index (χ3n) is 2.37. The Morgan fingerprint density at radius 2 is 2.07 bits per heavy atom. The quantitative estimate of drug-likeness (QED) is 0.579. The van der Waals surface area contributed by atoms with Crippen molar-refractivity contribution in [2.75, 3.05) is 13.1 Å². The number of hydrogen-bond acceptors (Lipinski definition) is 2. The van der Waals surface area contributed by atoms with E-state index in [2.05, 4.69) is 43.4 Å². The molecule has 0 amide bonds. The third kappa shape index (κ3) is 3.20. The monoisotopic (exact) mass is 188 g/mol. The van der Waals surface area contributed by atoms with Crippen LogP contribution in [-0.2, 0) is 6.42 Å². The van der Waals surface area contributed by atoms with Gasteiger partial charge in [0.15, 0.2) is 0 Å². The molecule has 2 nitrogen and oxygen atoms in total. The van der Waals surface area contributed by atoms with E-state index in [1.807, 2.05) is 0 Å². The highest BCUT2D eigenvalue weighted by Crippen LogP contribution is 2.09. The van der Waals surface area contributed by atoms with Gasteiger partial charge in [-0.1, -0.05) is 18.2 Å². The molecule has 1 aromatic carbocycles. The Morgan fingerprint density at radius 1 is 1.29 bits per heavy atom. The maximum Gasteiger partial charge on any atom is 0.0841 e. The average Bonchev–Trinajstić information content (AvgIpc) is 2.18. The van der Waals surface area contributed by atoms with Crippen LogP contribution in [0.1, 0.15) is 16.7 Å². The van der Waals surface area contributed by atoms with E-state index in [1.165, 1.54) is 16.7 Å². The lowest BCUT2D eigenvalue weighted by Gasteiger charge is -2.04. The number of nitriles is 1. The van der Waals surface area contributed by atoms with Crippen LogP contribution in [0.3, 0.4) is 0 Å². The van der Waals surface area contributed by atoms with E-state index >= 15 is 0 Å². The molecule has 0 fully saturated rings. The summed E-state index contributed by atoms with van der Waals surface area (Å²) in [4.78, 5) is 0. The van der Waals surface area contributed by atoms with Crippen LogP contribution in [0.25, 0.3) is 0 Å². The number of hydrogen-bond donors (Lipinski definition) is 1. The molecule has 2 heteroatoms. The van der Waals surface area contributed by atoms with Crippen molar-refractivity contribution in [3.05, 3.63) is 34.9 Å². The van der Waals surface area contributed by atoms with Crippen molar-refractivity contribution in [3.8, 4) is 6.07 Å². The summed E-state index contributed by atoms with van der Waals surface area (Å²) in [6.07, 6.45) is 0.989. The molecule has 0 aliphatic carbocycles. The summed E-state index contributed by atoms with van der Waals surface area (Å²) >= 11 is 0. The van der Waals surface area contributed by atoms with Crippen molar-refractivity contribution in [1.82, 2.24) is 5.32 Å². The number of rotatable bonds is 4. The first-order valence-electron chi connectivity index (χ1n) is 4.88. The topological polar surface area (TPSA) is 35.8 Å². The lowest BCUT2D eigenvalue weighted by molar-refractivity contribution is 0.749. The summed E-state index contributed by atoms with van der Waals surface area (Å²) in [5.74, 6) is 0. The van der Waals surface area contributed by atoms with Crippen LogP contribution in [0, 0.1) is 25.2 Å². The lowest BCUT2D eigenvalue weighted by Crippen LogP contribution is -2.17. The van der Waals surface area contributed by atoms with Crippen molar-refractivity contribution in [2.24, 2.45) is 0 Å². The van der Waals surface area contributed by atoms with E-state index in [1.54, 1.807) is 0 Å². The second-order valence-electron chi connectivity index (χ2n) is 3.50. The molecule has 1 aromatic rings. The predicted molar refractivity (Wildman–Crippen MR) is 58.1 cm³/mol. The van der Waals surface area contributed by atoms with E-state index in [4.69, 9.17) is 5.26 Å². The summed E-state index contributed by atoms with van der Waals surface area (Å²) in [6.45, 7) is 5.55. The predicted octanol–water partition coefficient (Wildman–Crippen LogP) is 1.96. The molecule has 0 spiro atoms. The van der Waals surface area contributed by atoms with E-state index in [-0.39, 0.29) is 0 Å². The van der Waals surface area contributed by atoms with E-state index in [0.717, 1.165) is 13.0 Å². The van der Waals surface area contributed by atoms with Gasteiger partial charge in [0.2, 0.25) is 0 Å². The van der Waals surface area contributed by atoms with Gasteiger partial charge in [-0.25, -0.2) is 0 Å². The van der Waals surface area contributed by atoms with Gasteiger partial charge in [-0.2, -0.15) is 5.26 Å². The molecule has 74 valence electrons. The minimum atomic E-state index is 0.435. The molecule has 0 radical (unpaired) electrons. The second-order valence-corrected chi connectivity index (χ2v) is 3.50. The van der Waals surface area contributed by atoms with Crippen LogP contribution >= 0.6 is 0 Å². The normalized spacial score (nSPS) is 9.79. The van der Waals surface area contributed by atoms with Gasteiger partial charge in [-0.3, -0.25) is 0 Å². The van der Waals surface area contributed by atoms with Crippen LogP contribution < -0.4 is 5.32 Å². The highest BCUT2D eigenvalue weighted by molar-refractivity contribution is 5.29. The highest BCUT2D eigenvalue weighted by Gasteiger charge is 1.95. The largest absolute Gasteiger partial charge is 0.304 e. The fourth-order valence-electron chi connectivity index (χ4n) is 1.34. The Bertz CT molecular complexity index is 337. The molecule has 0 saturated heterocycles. The standard InChI is InChI=1S/C12H16N2/c1-10-3-4-12(9-11(10)2)5-7-14-8-6-13/h3-4,9,14H,5,7-8H2,1-2H3. The second kappa shape index (κ2) is 5.41. The maximum atomic E-state index is 8.33. The van der Waals surface area contributed by atoms with Gasteiger partial charge in [0.05, 0.1) is 12.6 Å². The molecule has 1 N–H and O–H groups in total. The Labute approximate surface area is 85.6 Å². The maximum absolute atomic E-state index is 8.33. The number of benzene rings is 1. The smallest absolute Gasteiger partial charge is 0.0841 e. The fourth-order valence-corrected chi connectivity index (χ4v) is 1.34. The summed E-state index contributed by atoms with van der Waals surface area (Å²) < 4.78 is 0. The summed E-state index contributed by atoms with van der Waals surface area (Å²) in [5, 5.41) is 11.4. The molecule has 0 unspecified atom stereocenters. The first kappa shape index (κ1) is 10.7. The van der Waals surface area contributed by atoms with Gasteiger partial charge in [-0.15, -0.1) is 0 Å². The highest BCUT2D eigenvalue weighted by atomic mass is 14.8. The molecule has 0 aromatic heterocycles. The summed E-state index contributed by atoms with van der Waals surface area (Å²) in [6, 6.07) is 8.57. The lowest BCUT2D eigenvalue weighted by atomic mass is 10.0. The van der Waals surface area contributed by atoms with Gasteiger partial charge < -0.3 is 5.32 Å². The number of nitrogens with one attached hydrogen (secondary N) is 1. The summed E-state index contributed by atoms with van der Waals surface area (Å²) in [7, 11) is 0. The third-order valence-corrected chi connectivity index (χ3v) is 2.37. The fraction of sp³-hybridized carbons (Fsp3) is 0.417. The Hall–Kier alpha value is -1.33. The van der Waals surface area contributed by atoms with Gasteiger partial charge in [-0.05, 0) is 37.0 Å². The van der Waals surface area contributed by atoms with Crippen LogP contribution in [-0.4, -0.2) is 13.1 Å². The molecular formula is C12H16N2. The minimum Gasteiger partial charge on any atom is -0.304 e. The van der Waals surface area contributed by atoms with E-state index < -0.39 is 0 Å². The molecule has 0 aliphatic heterocycles. The Kier molecular flexibility index (Phi) is 4.15. The summed E-state index contributed by atoms with van der Waals surface area (Å²) in [5.41, 5.74) is 4.00. The molecular weight excluding hydrogens is 172 g/mol. The molecule has 0 atom stereocenters. The molecule has 0 saturated carbocycles. The Morgan fingerprint density at radius 3 is 2.71 bits per heavy atom. The minimum absolute atomic E-state index is 0.435.